The van der Waals surface area contributed by atoms with Crippen LogP contribution in [0.25, 0.3) is 0 Å². The number of nitrogens with zero attached hydrogens (tertiary/aromatic N) is 2. The number of carbonyl (C=O) groups is 1. The molecule has 224 valence electrons. The molecule has 0 aliphatic rings. The molecule has 0 bridgehead atoms. The molecule has 0 unspecified atom stereocenters. The molecular weight excluding hydrogens is 724 g/mol. The zero-order chi connectivity index (χ0) is 31.1. The molecular formula is C29H22BrCl4N3O5S. The molecule has 0 spiro atoms. The Kier molecular flexibility index (Phi) is 11.2. The predicted octanol–water partition coefficient (Wildman–Crippen LogP) is 8.00. The minimum Gasteiger partial charge on any atom is -0.493 e. The minimum absolute atomic E-state index is 0.0186. The summed E-state index contributed by atoms with van der Waals surface area (Å²) in [5, 5.41) is 5.34. The lowest BCUT2D eigenvalue weighted by Crippen LogP contribution is -2.39. The largest absolute Gasteiger partial charge is 0.493 e. The molecule has 0 aromatic heterocycles. The van der Waals surface area contributed by atoms with Crippen LogP contribution < -0.4 is 19.2 Å². The predicted molar refractivity (Wildman–Crippen MR) is 175 cm³/mol. The molecule has 0 fully saturated rings. The van der Waals surface area contributed by atoms with Gasteiger partial charge in [-0.05, 0) is 76.1 Å². The van der Waals surface area contributed by atoms with Gasteiger partial charge in [-0.15, -0.1) is 0 Å². The Morgan fingerprint density at radius 3 is 2.28 bits per heavy atom. The van der Waals surface area contributed by atoms with E-state index >= 15 is 0 Å². The lowest BCUT2D eigenvalue weighted by Gasteiger charge is -2.24. The highest BCUT2D eigenvalue weighted by Gasteiger charge is 2.28. The molecule has 0 heterocycles. The van der Waals surface area contributed by atoms with Crippen molar-refractivity contribution in [1.82, 2.24) is 5.43 Å². The number of sulfonamides is 1. The molecule has 1 N–H and O–H groups in total. The van der Waals surface area contributed by atoms with Gasteiger partial charge in [0.1, 0.15) is 13.2 Å². The molecule has 1 amide bonds. The molecule has 4 rings (SSSR count). The molecule has 0 saturated carbocycles. The molecule has 4 aromatic carbocycles. The highest BCUT2D eigenvalue weighted by atomic mass is 79.9. The number of methoxy groups -OCH3 is 1. The first kappa shape index (κ1) is 32.9. The topological polar surface area (TPSA) is 97.3 Å². The van der Waals surface area contributed by atoms with E-state index in [1.54, 1.807) is 48.5 Å². The number of anilines is 1. The summed E-state index contributed by atoms with van der Waals surface area (Å²) in [6, 6.07) is 20.4. The smallest absolute Gasteiger partial charge is 0.264 e. The first-order chi connectivity index (χ1) is 20.5. The summed E-state index contributed by atoms with van der Waals surface area (Å²) in [6.45, 7) is -0.447. The standard InChI is InChI=1S/C29H22BrCl4N3O5S/c1-41-27-12-18(11-23(30)29(27)42-17-19-7-8-20(31)13-24(19)33)15-35-36-28(38)16-37(26-10-9-21(32)14-25(26)34)43(39,40)22-5-3-2-4-6-22/h2-15H,16-17H2,1H3,(H,36,38)/b35-15+. The van der Waals surface area contributed by atoms with Gasteiger partial charge in [-0.2, -0.15) is 5.10 Å². The van der Waals surface area contributed by atoms with Crippen LogP contribution in [0.3, 0.4) is 0 Å². The van der Waals surface area contributed by atoms with E-state index in [9.17, 15) is 13.2 Å². The van der Waals surface area contributed by atoms with Crippen molar-refractivity contribution in [2.24, 2.45) is 5.10 Å². The second-order valence-electron chi connectivity index (χ2n) is 8.77. The van der Waals surface area contributed by atoms with Gasteiger partial charge in [0.25, 0.3) is 15.9 Å². The summed E-state index contributed by atoms with van der Waals surface area (Å²) in [5.74, 6) is 0.105. The normalized spacial score (nSPS) is 11.4. The second-order valence-corrected chi connectivity index (χ2v) is 13.2. The van der Waals surface area contributed by atoms with Crippen LogP contribution in [0.2, 0.25) is 20.1 Å². The van der Waals surface area contributed by atoms with E-state index in [1.807, 2.05) is 0 Å². The van der Waals surface area contributed by atoms with Crippen LogP contribution in [0, 0.1) is 0 Å². The van der Waals surface area contributed by atoms with Gasteiger partial charge in [0.15, 0.2) is 11.5 Å². The Hall–Kier alpha value is -2.99. The fourth-order valence-electron chi connectivity index (χ4n) is 3.79. The molecule has 0 saturated heterocycles. The Labute approximate surface area is 277 Å². The summed E-state index contributed by atoms with van der Waals surface area (Å²) in [4.78, 5) is 12.9. The van der Waals surface area contributed by atoms with E-state index in [0.717, 1.165) is 9.87 Å². The molecule has 4 aromatic rings. The number of halogens is 5. The Morgan fingerprint density at radius 1 is 0.953 bits per heavy atom. The molecule has 8 nitrogen and oxygen atoms in total. The van der Waals surface area contributed by atoms with E-state index in [1.165, 1.54) is 43.7 Å². The zero-order valence-electron chi connectivity index (χ0n) is 22.2. The maximum Gasteiger partial charge on any atom is 0.264 e. The van der Waals surface area contributed by atoms with Crippen LogP contribution in [0.1, 0.15) is 11.1 Å². The summed E-state index contributed by atoms with van der Waals surface area (Å²) in [5.41, 5.74) is 3.72. The molecule has 0 aliphatic heterocycles. The van der Waals surface area contributed by atoms with Crippen LogP contribution in [-0.2, 0) is 21.4 Å². The highest BCUT2D eigenvalue weighted by Crippen LogP contribution is 2.37. The van der Waals surface area contributed by atoms with Crippen molar-refractivity contribution in [2.45, 2.75) is 11.5 Å². The Morgan fingerprint density at radius 2 is 1.63 bits per heavy atom. The van der Waals surface area contributed by atoms with Gasteiger partial charge in [0, 0.05) is 20.6 Å². The van der Waals surface area contributed by atoms with Crippen LogP contribution in [0.4, 0.5) is 5.69 Å². The van der Waals surface area contributed by atoms with Gasteiger partial charge in [-0.3, -0.25) is 9.10 Å². The number of nitrogens with one attached hydrogen (secondary N) is 1. The number of hydrogen-bond donors (Lipinski definition) is 1. The van der Waals surface area contributed by atoms with Gasteiger partial charge in [0.2, 0.25) is 0 Å². The van der Waals surface area contributed by atoms with Crippen molar-refractivity contribution < 1.29 is 22.7 Å². The lowest BCUT2D eigenvalue weighted by molar-refractivity contribution is -0.119. The van der Waals surface area contributed by atoms with Gasteiger partial charge in [0.05, 0.1) is 33.4 Å². The Bertz CT molecular complexity index is 1780. The summed E-state index contributed by atoms with van der Waals surface area (Å²) >= 11 is 28.0. The van der Waals surface area contributed by atoms with Crippen molar-refractivity contribution in [1.29, 1.82) is 0 Å². The summed E-state index contributed by atoms with van der Waals surface area (Å²) in [6.07, 6.45) is 1.37. The van der Waals surface area contributed by atoms with Crippen LogP contribution in [-0.4, -0.2) is 34.2 Å². The summed E-state index contributed by atoms with van der Waals surface area (Å²) in [7, 11) is -2.69. The van der Waals surface area contributed by atoms with E-state index in [0.29, 0.717) is 36.6 Å². The van der Waals surface area contributed by atoms with Gasteiger partial charge in [-0.1, -0.05) is 70.7 Å². The maximum absolute atomic E-state index is 13.5. The van der Waals surface area contributed by atoms with Gasteiger partial charge < -0.3 is 9.47 Å². The first-order valence-corrected chi connectivity index (χ1v) is 16.0. The monoisotopic (exact) mass is 743 g/mol. The molecule has 0 radical (unpaired) electrons. The van der Waals surface area contributed by atoms with Crippen molar-refractivity contribution in [3.05, 3.63) is 115 Å². The zero-order valence-corrected chi connectivity index (χ0v) is 27.7. The third kappa shape index (κ3) is 8.35. The number of amides is 1. The quantitative estimate of drug-likeness (QED) is 0.124. The van der Waals surface area contributed by atoms with E-state index in [2.05, 4.69) is 26.5 Å². The van der Waals surface area contributed by atoms with Crippen molar-refractivity contribution >= 4 is 90.2 Å². The second kappa shape index (κ2) is 14.7. The summed E-state index contributed by atoms with van der Waals surface area (Å²) < 4.78 is 39.8. The number of hydrazone groups is 1. The van der Waals surface area contributed by atoms with Crippen LogP contribution >= 0.6 is 62.3 Å². The number of benzene rings is 4. The molecule has 43 heavy (non-hydrogen) atoms. The number of rotatable bonds is 11. The SMILES string of the molecule is COc1cc(/C=N/NC(=O)CN(c2ccc(Cl)cc2Cl)S(=O)(=O)c2ccccc2)cc(Br)c1OCc1ccc(Cl)cc1Cl. The van der Waals surface area contributed by atoms with Gasteiger partial charge in [-0.25, -0.2) is 13.8 Å². The molecule has 0 aliphatic carbocycles. The van der Waals surface area contributed by atoms with E-state index in [-0.39, 0.29) is 22.2 Å². The first-order valence-electron chi connectivity index (χ1n) is 12.3. The molecule has 14 heteroatoms. The van der Waals surface area contributed by atoms with Crippen molar-refractivity contribution in [3.8, 4) is 11.5 Å². The Balaban J connectivity index is 1.50. The maximum atomic E-state index is 13.5. The third-order valence-electron chi connectivity index (χ3n) is 5.84. The molecule has 0 atom stereocenters. The van der Waals surface area contributed by atoms with Gasteiger partial charge >= 0.3 is 0 Å². The number of ether oxygens (including phenoxy) is 2. The number of hydrogen-bond acceptors (Lipinski definition) is 6. The fourth-order valence-corrected chi connectivity index (χ4v) is 6.85. The van der Waals surface area contributed by atoms with Crippen molar-refractivity contribution in [3.63, 3.8) is 0 Å². The van der Waals surface area contributed by atoms with E-state index < -0.39 is 22.5 Å². The van der Waals surface area contributed by atoms with E-state index in [4.69, 9.17) is 55.9 Å². The van der Waals surface area contributed by atoms with Crippen LogP contribution in [0.5, 0.6) is 11.5 Å². The highest BCUT2D eigenvalue weighted by molar-refractivity contribution is 9.10. The minimum atomic E-state index is -4.17. The third-order valence-corrected chi connectivity index (χ3v) is 9.33. The van der Waals surface area contributed by atoms with Crippen LogP contribution in [0.15, 0.2) is 93.3 Å². The number of carbonyl (C=O) groups excluding carboxylic acids is 1. The lowest BCUT2D eigenvalue weighted by atomic mass is 10.2. The average Bonchev–Trinajstić information content (AvgIpc) is 2.96. The fraction of sp³-hybridized carbons (Fsp3) is 0.103. The van der Waals surface area contributed by atoms with Crippen molar-refractivity contribution in [2.75, 3.05) is 18.0 Å². The average molecular weight is 746 g/mol.